The van der Waals surface area contributed by atoms with Crippen molar-refractivity contribution < 1.29 is 14.3 Å². The Hall–Kier alpha value is -2.49. The van der Waals surface area contributed by atoms with Crippen LogP contribution in [0.15, 0.2) is 48.5 Å². The molecule has 0 radical (unpaired) electrons. The fourth-order valence-corrected chi connectivity index (χ4v) is 4.63. The van der Waals surface area contributed by atoms with Crippen LogP contribution >= 0.6 is 0 Å². The lowest BCUT2D eigenvalue weighted by molar-refractivity contribution is -0.136. The van der Waals surface area contributed by atoms with E-state index in [0.29, 0.717) is 24.4 Å². The van der Waals surface area contributed by atoms with Crippen LogP contribution in [-0.2, 0) is 11.3 Å². The zero-order valence-corrected chi connectivity index (χ0v) is 16.2. The van der Waals surface area contributed by atoms with E-state index < -0.39 is 0 Å². The van der Waals surface area contributed by atoms with Crippen LogP contribution < -0.4 is 9.47 Å². The van der Waals surface area contributed by atoms with Gasteiger partial charge >= 0.3 is 0 Å². The summed E-state index contributed by atoms with van der Waals surface area (Å²) in [5, 5.41) is 0. The largest absolute Gasteiger partial charge is 0.454 e. The van der Waals surface area contributed by atoms with E-state index in [-0.39, 0.29) is 12.7 Å². The third-order valence-electron chi connectivity index (χ3n) is 6.41. The molecule has 0 saturated heterocycles. The average Bonchev–Trinajstić information content (AvgIpc) is 3.50. The number of carbonyl (C=O) groups excluding carboxylic acids is 1. The Bertz CT molecular complexity index is 838. The van der Waals surface area contributed by atoms with Gasteiger partial charge < -0.3 is 14.4 Å². The molecule has 0 bridgehead atoms. The second kappa shape index (κ2) is 7.50. The SMILES string of the molecule is O=C(C1CC1)N(Cc1ccc2c(c1)OCO2)C1CCC(c2ccccc2)CC1. The molecule has 4 nitrogen and oxygen atoms in total. The molecule has 0 atom stereocenters. The number of ether oxygens (including phenoxy) is 2. The molecular weight excluding hydrogens is 350 g/mol. The Morgan fingerprint density at radius 2 is 1.64 bits per heavy atom. The van der Waals surface area contributed by atoms with Gasteiger partial charge in [-0.05, 0) is 67.7 Å². The maximum atomic E-state index is 13.1. The van der Waals surface area contributed by atoms with E-state index in [4.69, 9.17) is 9.47 Å². The first-order valence-corrected chi connectivity index (χ1v) is 10.5. The third-order valence-corrected chi connectivity index (χ3v) is 6.41. The van der Waals surface area contributed by atoms with E-state index in [0.717, 1.165) is 55.6 Å². The Kier molecular flexibility index (Phi) is 4.71. The topological polar surface area (TPSA) is 38.8 Å². The van der Waals surface area contributed by atoms with E-state index in [2.05, 4.69) is 41.3 Å². The van der Waals surface area contributed by atoms with Gasteiger partial charge in [-0.25, -0.2) is 0 Å². The van der Waals surface area contributed by atoms with Crippen LogP contribution in [0.5, 0.6) is 11.5 Å². The highest BCUT2D eigenvalue weighted by Crippen LogP contribution is 2.39. The number of fused-ring (bicyclic) bond motifs is 1. The zero-order chi connectivity index (χ0) is 18.9. The van der Waals surface area contributed by atoms with Crippen molar-refractivity contribution in [2.24, 2.45) is 5.92 Å². The van der Waals surface area contributed by atoms with Crippen LogP contribution in [0.2, 0.25) is 0 Å². The first-order chi connectivity index (χ1) is 13.8. The molecule has 5 rings (SSSR count). The molecule has 0 spiro atoms. The molecule has 2 aliphatic carbocycles. The van der Waals surface area contributed by atoms with E-state index in [1.165, 1.54) is 5.56 Å². The Balaban J connectivity index is 1.30. The monoisotopic (exact) mass is 377 g/mol. The van der Waals surface area contributed by atoms with Crippen LogP contribution in [0.4, 0.5) is 0 Å². The van der Waals surface area contributed by atoms with Gasteiger partial charge in [-0.15, -0.1) is 0 Å². The molecule has 3 aliphatic rings. The fourth-order valence-electron chi connectivity index (χ4n) is 4.63. The molecule has 4 heteroatoms. The second-order valence-corrected chi connectivity index (χ2v) is 8.34. The summed E-state index contributed by atoms with van der Waals surface area (Å²) in [6.45, 7) is 0.958. The van der Waals surface area contributed by atoms with E-state index in [1.807, 2.05) is 12.1 Å². The lowest BCUT2D eigenvalue weighted by atomic mass is 9.81. The molecule has 0 N–H and O–H groups in total. The smallest absolute Gasteiger partial charge is 0.231 e. The number of benzene rings is 2. The van der Waals surface area contributed by atoms with E-state index in [9.17, 15) is 4.79 Å². The van der Waals surface area contributed by atoms with Gasteiger partial charge in [0.2, 0.25) is 12.7 Å². The highest BCUT2D eigenvalue weighted by Gasteiger charge is 2.37. The average molecular weight is 377 g/mol. The Morgan fingerprint density at radius 1 is 0.893 bits per heavy atom. The highest BCUT2D eigenvalue weighted by atomic mass is 16.7. The molecule has 0 unspecified atom stereocenters. The Labute approximate surface area is 166 Å². The van der Waals surface area contributed by atoms with E-state index in [1.54, 1.807) is 0 Å². The lowest BCUT2D eigenvalue weighted by Crippen LogP contribution is -2.42. The summed E-state index contributed by atoms with van der Waals surface area (Å²) in [6.07, 6.45) is 6.59. The summed E-state index contributed by atoms with van der Waals surface area (Å²) in [7, 11) is 0. The molecule has 1 aliphatic heterocycles. The van der Waals surface area contributed by atoms with Crippen molar-refractivity contribution in [3.63, 3.8) is 0 Å². The van der Waals surface area contributed by atoms with Crippen LogP contribution in [0.3, 0.4) is 0 Å². The summed E-state index contributed by atoms with van der Waals surface area (Å²) in [6, 6.07) is 17.2. The molecular formula is C24H27NO3. The van der Waals surface area contributed by atoms with Crippen LogP contribution in [0.1, 0.15) is 55.6 Å². The van der Waals surface area contributed by atoms with Gasteiger partial charge in [0.1, 0.15) is 0 Å². The first kappa shape index (κ1) is 17.6. The van der Waals surface area contributed by atoms with Gasteiger partial charge in [0.25, 0.3) is 0 Å². The maximum absolute atomic E-state index is 13.1. The molecule has 1 amide bonds. The van der Waals surface area contributed by atoms with Crippen molar-refractivity contribution in [2.75, 3.05) is 6.79 Å². The number of hydrogen-bond acceptors (Lipinski definition) is 3. The van der Waals surface area contributed by atoms with Gasteiger partial charge in [0.15, 0.2) is 11.5 Å². The maximum Gasteiger partial charge on any atom is 0.231 e. The summed E-state index contributed by atoms with van der Waals surface area (Å²) < 4.78 is 10.9. The predicted molar refractivity (Wildman–Crippen MR) is 107 cm³/mol. The van der Waals surface area contributed by atoms with E-state index >= 15 is 0 Å². The van der Waals surface area contributed by atoms with Gasteiger partial charge in [-0.2, -0.15) is 0 Å². The standard InChI is InChI=1S/C24H27NO3/c26-24(20-7-8-20)25(15-17-6-13-22-23(14-17)28-16-27-22)21-11-9-19(10-12-21)18-4-2-1-3-5-18/h1-6,13-14,19-21H,7-12,15-16H2. The second-order valence-electron chi connectivity index (χ2n) is 8.34. The molecule has 2 fully saturated rings. The van der Waals surface area contributed by atoms with Crippen molar-refractivity contribution in [1.29, 1.82) is 0 Å². The summed E-state index contributed by atoms with van der Waals surface area (Å²) >= 11 is 0. The van der Waals surface area contributed by atoms with Crippen LogP contribution in [0.25, 0.3) is 0 Å². The summed E-state index contributed by atoms with van der Waals surface area (Å²) in [5.74, 6) is 2.82. The minimum Gasteiger partial charge on any atom is -0.454 e. The van der Waals surface area contributed by atoms with Crippen molar-refractivity contribution in [3.8, 4) is 11.5 Å². The van der Waals surface area contributed by atoms with Crippen molar-refractivity contribution in [3.05, 3.63) is 59.7 Å². The minimum atomic E-state index is 0.251. The number of hydrogen-bond donors (Lipinski definition) is 0. The molecule has 2 saturated carbocycles. The van der Waals surface area contributed by atoms with Crippen molar-refractivity contribution in [1.82, 2.24) is 4.90 Å². The van der Waals surface area contributed by atoms with Crippen molar-refractivity contribution in [2.45, 2.75) is 57.0 Å². The highest BCUT2D eigenvalue weighted by molar-refractivity contribution is 5.81. The first-order valence-electron chi connectivity index (χ1n) is 10.5. The van der Waals surface area contributed by atoms with Gasteiger partial charge in [0, 0.05) is 18.5 Å². The molecule has 2 aromatic rings. The number of rotatable bonds is 5. The third kappa shape index (κ3) is 3.60. The quantitative estimate of drug-likeness (QED) is 0.745. The zero-order valence-electron chi connectivity index (χ0n) is 16.2. The van der Waals surface area contributed by atoms with Gasteiger partial charge in [-0.3, -0.25) is 4.79 Å². The van der Waals surface area contributed by atoms with Crippen LogP contribution in [0, 0.1) is 5.92 Å². The molecule has 1 heterocycles. The van der Waals surface area contributed by atoms with Crippen LogP contribution in [-0.4, -0.2) is 23.6 Å². The number of nitrogens with zero attached hydrogens (tertiary/aromatic N) is 1. The van der Waals surface area contributed by atoms with Crippen molar-refractivity contribution >= 4 is 5.91 Å². The van der Waals surface area contributed by atoms with Gasteiger partial charge in [0.05, 0.1) is 0 Å². The molecule has 2 aromatic carbocycles. The predicted octanol–water partition coefficient (Wildman–Crippen LogP) is 4.88. The molecule has 28 heavy (non-hydrogen) atoms. The molecule has 146 valence electrons. The minimum absolute atomic E-state index is 0.251. The normalized spacial score (nSPS) is 23.4. The fraction of sp³-hybridized carbons (Fsp3) is 0.458. The van der Waals surface area contributed by atoms with Gasteiger partial charge in [-0.1, -0.05) is 36.4 Å². The summed E-state index contributed by atoms with van der Waals surface area (Å²) in [4.78, 5) is 15.2. The molecule has 0 aromatic heterocycles. The Morgan fingerprint density at radius 3 is 2.39 bits per heavy atom. The number of carbonyl (C=O) groups is 1. The number of amides is 1. The summed E-state index contributed by atoms with van der Waals surface area (Å²) in [5.41, 5.74) is 2.57. The lowest BCUT2D eigenvalue weighted by Gasteiger charge is -2.37.